The number of aliphatic hydroxyl groups excluding tert-OH is 1. The maximum atomic E-state index is 12.3. The molecule has 5 nitrogen and oxygen atoms in total. The van der Waals surface area contributed by atoms with Crippen LogP contribution in [0.15, 0.2) is 30.3 Å². The third-order valence-corrected chi connectivity index (χ3v) is 6.33. The number of amides is 1. The summed E-state index contributed by atoms with van der Waals surface area (Å²) in [4.78, 5) is 17.2. The minimum absolute atomic E-state index is 0.207. The van der Waals surface area contributed by atoms with Gasteiger partial charge in [0.25, 0.3) is 0 Å². The van der Waals surface area contributed by atoms with Gasteiger partial charge in [-0.05, 0) is 63.2 Å². The van der Waals surface area contributed by atoms with E-state index in [0.717, 1.165) is 65.0 Å². The molecular formula is C23H37N3O2. The van der Waals surface area contributed by atoms with Crippen molar-refractivity contribution < 1.29 is 9.90 Å². The first-order valence-corrected chi connectivity index (χ1v) is 11.1. The number of nitrogens with one attached hydrogen (secondary N) is 1. The van der Waals surface area contributed by atoms with Crippen molar-refractivity contribution >= 4 is 5.91 Å². The van der Waals surface area contributed by atoms with Crippen LogP contribution in [0.5, 0.6) is 0 Å². The van der Waals surface area contributed by atoms with Crippen LogP contribution in [0, 0.1) is 5.92 Å². The molecule has 2 aliphatic rings. The minimum atomic E-state index is 0.207. The van der Waals surface area contributed by atoms with Gasteiger partial charge in [0.1, 0.15) is 0 Å². The summed E-state index contributed by atoms with van der Waals surface area (Å²) in [5, 5.41) is 12.6. The molecule has 1 aromatic rings. The lowest BCUT2D eigenvalue weighted by molar-refractivity contribution is -0.122. The molecule has 0 radical (unpaired) electrons. The van der Waals surface area contributed by atoms with Crippen molar-refractivity contribution in [2.24, 2.45) is 5.92 Å². The second kappa shape index (κ2) is 11.5. The summed E-state index contributed by atoms with van der Waals surface area (Å²) in [5.74, 6) is 0.728. The van der Waals surface area contributed by atoms with E-state index in [1.165, 1.54) is 18.4 Å². The van der Waals surface area contributed by atoms with Crippen LogP contribution in [-0.4, -0.2) is 66.2 Å². The zero-order valence-electron chi connectivity index (χ0n) is 17.2. The monoisotopic (exact) mass is 387 g/mol. The maximum Gasteiger partial charge on any atom is 0.220 e. The van der Waals surface area contributed by atoms with Crippen molar-refractivity contribution in [3.63, 3.8) is 0 Å². The Morgan fingerprint density at radius 2 is 1.86 bits per heavy atom. The Morgan fingerprint density at radius 1 is 1.07 bits per heavy atom. The second-order valence-corrected chi connectivity index (χ2v) is 8.48. The smallest absolute Gasteiger partial charge is 0.220 e. The number of hydrogen-bond acceptors (Lipinski definition) is 4. The Bertz CT molecular complexity index is 572. The van der Waals surface area contributed by atoms with Crippen LogP contribution in [0.1, 0.15) is 50.5 Å². The Labute approximate surface area is 170 Å². The molecule has 1 atom stereocenters. The van der Waals surface area contributed by atoms with E-state index in [4.69, 9.17) is 0 Å². The average Bonchev–Trinajstić information content (AvgIpc) is 2.74. The lowest BCUT2D eigenvalue weighted by atomic mass is 9.93. The quantitative estimate of drug-likeness (QED) is 0.640. The minimum Gasteiger partial charge on any atom is -0.395 e. The van der Waals surface area contributed by atoms with Crippen molar-refractivity contribution in [2.75, 3.05) is 39.3 Å². The molecule has 2 heterocycles. The van der Waals surface area contributed by atoms with Crippen molar-refractivity contribution in [3.05, 3.63) is 35.9 Å². The summed E-state index contributed by atoms with van der Waals surface area (Å²) >= 11 is 0. The van der Waals surface area contributed by atoms with Gasteiger partial charge in [0.05, 0.1) is 6.61 Å². The van der Waals surface area contributed by atoms with E-state index in [-0.39, 0.29) is 12.5 Å². The summed E-state index contributed by atoms with van der Waals surface area (Å²) in [7, 11) is 0. The summed E-state index contributed by atoms with van der Waals surface area (Å²) < 4.78 is 0. The highest BCUT2D eigenvalue weighted by Crippen LogP contribution is 2.22. The summed E-state index contributed by atoms with van der Waals surface area (Å²) in [6.07, 6.45) is 7.43. The highest BCUT2D eigenvalue weighted by atomic mass is 16.3. The number of nitrogens with zero attached hydrogens (tertiary/aromatic N) is 2. The first kappa shape index (κ1) is 21.3. The molecule has 156 valence electrons. The van der Waals surface area contributed by atoms with Gasteiger partial charge < -0.3 is 10.4 Å². The molecule has 2 fully saturated rings. The van der Waals surface area contributed by atoms with Gasteiger partial charge in [-0.25, -0.2) is 0 Å². The van der Waals surface area contributed by atoms with Crippen LogP contribution in [0.2, 0.25) is 0 Å². The SMILES string of the molecule is O=C(CC1CCN(Cc2ccccc2)CC1)NCCCN1CCCC[C@H]1CO. The van der Waals surface area contributed by atoms with Crippen molar-refractivity contribution in [1.82, 2.24) is 15.1 Å². The largest absolute Gasteiger partial charge is 0.395 e. The molecule has 3 rings (SSSR count). The van der Waals surface area contributed by atoms with Crippen LogP contribution in [0.25, 0.3) is 0 Å². The van der Waals surface area contributed by atoms with E-state index >= 15 is 0 Å². The van der Waals surface area contributed by atoms with Gasteiger partial charge in [0.2, 0.25) is 5.91 Å². The van der Waals surface area contributed by atoms with Crippen LogP contribution in [0.3, 0.4) is 0 Å². The molecule has 0 spiro atoms. The van der Waals surface area contributed by atoms with E-state index in [1.807, 2.05) is 0 Å². The van der Waals surface area contributed by atoms with Gasteiger partial charge in [-0.1, -0.05) is 36.8 Å². The standard InChI is InChI=1S/C23H37N3O2/c27-19-22-9-4-5-13-26(22)14-6-12-24-23(28)17-20-10-15-25(16-11-20)18-21-7-2-1-3-8-21/h1-3,7-8,20,22,27H,4-6,9-19H2,(H,24,28)/t22-/m0/s1. The fraction of sp³-hybridized carbons (Fsp3) is 0.696. The topological polar surface area (TPSA) is 55.8 Å². The number of benzene rings is 1. The molecule has 0 unspecified atom stereocenters. The molecule has 5 heteroatoms. The predicted octanol–water partition coefficient (Wildman–Crippen LogP) is 2.64. The Balaban J connectivity index is 1.26. The third-order valence-electron chi connectivity index (χ3n) is 6.33. The van der Waals surface area contributed by atoms with Gasteiger partial charge in [0.15, 0.2) is 0 Å². The van der Waals surface area contributed by atoms with Gasteiger partial charge in [-0.15, -0.1) is 0 Å². The number of rotatable bonds is 9. The number of aliphatic hydroxyl groups is 1. The average molecular weight is 388 g/mol. The molecule has 2 aliphatic heterocycles. The van der Waals surface area contributed by atoms with E-state index in [9.17, 15) is 9.90 Å². The van der Waals surface area contributed by atoms with Gasteiger partial charge in [0, 0.05) is 32.1 Å². The molecule has 0 saturated carbocycles. The zero-order valence-corrected chi connectivity index (χ0v) is 17.2. The highest BCUT2D eigenvalue weighted by Gasteiger charge is 2.22. The maximum absolute atomic E-state index is 12.3. The third kappa shape index (κ3) is 6.87. The molecular weight excluding hydrogens is 350 g/mol. The number of hydrogen-bond donors (Lipinski definition) is 2. The Morgan fingerprint density at radius 3 is 2.61 bits per heavy atom. The van der Waals surface area contributed by atoms with Crippen molar-refractivity contribution in [1.29, 1.82) is 0 Å². The molecule has 0 bridgehead atoms. The van der Waals surface area contributed by atoms with E-state index in [0.29, 0.717) is 18.4 Å². The molecule has 2 N–H and O–H groups in total. The van der Waals surface area contributed by atoms with Gasteiger partial charge in [-0.3, -0.25) is 14.6 Å². The lowest BCUT2D eigenvalue weighted by Crippen LogP contribution is -2.43. The van der Waals surface area contributed by atoms with Crippen LogP contribution in [0.4, 0.5) is 0 Å². The highest BCUT2D eigenvalue weighted by molar-refractivity contribution is 5.76. The van der Waals surface area contributed by atoms with Crippen molar-refractivity contribution in [2.45, 2.75) is 57.5 Å². The molecule has 2 saturated heterocycles. The molecule has 28 heavy (non-hydrogen) atoms. The van der Waals surface area contributed by atoms with Gasteiger partial charge >= 0.3 is 0 Å². The van der Waals surface area contributed by atoms with Gasteiger partial charge in [-0.2, -0.15) is 0 Å². The molecule has 1 amide bonds. The number of likely N-dealkylation sites (tertiary alicyclic amines) is 2. The van der Waals surface area contributed by atoms with Crippen LogP contribution in [-0.2, 0) is 11.3 Å². The number of carbonyl (C=O) groups is 1. The second-order valence-electron chi connectivity index (χ2n) is 8.48. The lowest BCUT2D eigenvalue weighted by Gasteiger charge is -2.34. The first-order chi connectivity index (χ1) is 13.7. The van der Waals surface area contributed by atoms with Crippen LogP contribution < -0.4 is 5.32 Å². The van der Waals surface area contributed by atoms with Crippen molar-refractivity contribution in [3.8, 4) is 0 Å². The number of piperidine rings is 2. The van der Waals surface area contributed by atoms with E-state index in [2.05, 4.69) is 45.4 Å². The summed E-state index contributed by atoms with van der Waals surface area (Å²) in [6, 6.07) is 11.0. The Kier molecular flexibility index (Phi) is 8.77. The van der Waals surface area contributed by atoms with E-state index < -0.39 is 0 Å². The number of carbonyl (C=O) groups excluding carboxylic acids is 1. The Hall–Kier alpha value is -1.43. The fourth-order valence-corrected chi connectivity index (χ4v) is 4.60. The molecule has 0 aromatic heterocycles. The zero-order chi connectivity index (χ0) is 19.6. The summed E-state index contributed by atoms with van der Waals surface area (Å²) in [5.41, 5.74) is 1.37. The molecule has 0 aliphatic carbocycles. The molecule has 1 aromatic carbocycles. The normalized spacial score (nSPS) is 22.2. The van der Waals surface area contributed by atoms with Crippen LogP contribution >= 0.6 is 0 Å². The first-order valence-electron chi connectivity index (χ1n) is 11.1. The fourth-order valence-electron chi connectivity index (χ4n) is 4.60. The van der Waals surface area contributed by atoms with E-state index in [1.54, 1.807) is 0 Å². The predicted molar refractivity (Wildman–Crippen MR) is 113 cm³/mol. The summed E-state index contributed by atoms with van der Waals surface area (Å²) in [6.45, 7) is 6.26.